The Labute approximate surface area is 118 Å². The smallest absolute Gasteiger partial charge is 0.131 e. The van der Waals surface area contributed by atoms with E-state index in [0.29, 0.717) is 11.3 Å². The SMILES string of the molecule is COc1cccc(F)c1C(C)NCCCn1ccnc1. The minimum Gasteiger partial charge on any atom is -0.496 e. The number of hydrogen-bond acceptors (Lipinski definition) is 3. The highest BCUT2D eigenvalue weighted by Gasteiger charge is 2.15. The van der Waals surface area contributed by atoms with E-state index < -0.39 is 0 Å². The molecule has 108 valence electrons. The van der Waals surface area contributed by atoms with Crippen molar-refractivity contribution < 1.29 is 9.13 Å². The quantitative estimate of drug-likeness (QED) is 0.791. The molecule has 0 bridgehead atoms. The van der Waals surface area contributed by atoms with Crippen LogP contribution in [0, 0.1) is 5.82 Å². The standard InChI is InChI=1S/C15H20FN3O/c1-12(15-13(16)5-3-6-14(15)20-2)18-7-4-9-19-10-8-17-11-19/h3,5-6,8,10-12,18H,4,7,9H2,1-2H3. The summed E-state index contributed by atoms with van der Waals surface area (Å²) in [4.78, 5) is 3.99. The number of hydrogen-bond donors (Lipinski definition) is 1. The van der Waals surface area contributed by atoms with E-state index in [1.165, 1.54) is 6.07 Å². The average molecular weight is 277 g/mol. The van der Waals surface area contributed by atoms with Gasteiger partial charge in [-0.2, -0.15) is 0 Å². The van der Waals surface area contributed by atoms with E-state index in [4.69, 9.17) is 4.74 Å². The molecule has 1 atom stereocenters. The summed E-state index contributed by atoms with van der Waals surface area (Å²) in [6.07, 6.45) is 6.45. The molecule has 0 spiro atoms. The molecule has 4 nitrogen and oxygen atoms in total. The number of imidazole rings is 1. The lowest BCUT2D eigenvalue weighted by Gasteiger charge is -2.18. The van der Waals surface area contributed by atoms with Gasteiger partial charge in [0.05, 0.1) is 13.4 Å². The molecule has 0 radical (unpaired) electrons. The van der Waals surface area contributed by atoms with Crippen LogP contribution in [0.15, 0.2) is 36.9 Å². The van der Waals surface area contributed by atoms with Crippen LogP contribution >= 0.6 is 0 Å². The second-order valence-corrected chi connectivity index (χ2v) is 4.69. The molecule has 1 heterocycles. The molecule has 0 aliphatic rings. The third-order valence-electron chi connectivity index (χ3n) is 3.27. The minimum atomic E-state index is -0.237. The van der Waals surface area contributed by atoms with Crippen molar-refractivity contribution in [3.63, 3.8) is 0 Å². The fourth-order valence-corrected chi connectivity index (χ4v) is 2.22. The molecule has 1 aromatic carbocycles. The van der Waals surface area contributed by atoms with E-state index in [2.05, 4.69) is 10.3 Å². The Morgan fingerprint density at radius 3 is 3.00 bits per heavy atom. The highest BCUT2D eigenvalue weighted by Crippen LogP contribution is 2.27. The molecule has 1 unspecified atom stereocenters. The van der Waals surface area contributed by atoms with E-state index >= 15 is 0 Å². The van der Waals surface area contributed by atoms with Crippen molar-refractivity contribution in [1.29, 1.82) is 0 Å². The third kappa shape index (κ3) is 3.57. The number of nitrogens with zero attached hydrogens (tertiary/aromatic N) is 2. The van der Waals surface area contributed by atoms with Crippen molar-refractivity contribution in [2.75, 3.05) is 13.7 Å². The van der Waals surface area contributed by atoms with Gasteiger partial charge in [0.2, 0.25) is 0 Å². The predicted octanol–water partition coefficient (Wildman–Crippen LogP) is 2.77. The van der Waals surface area contributed by atoms with Gasteiger partial charge in [-0.1, -0.05) is 6.07 Å². The summed E-state index contributed by atoms with van der Waals surface area (Å²) in [6, 6.07) is 4.81. The summed E-state index contributed by atoms with van der Waals surface area (Å²) in [7, 11) is 1.56. The molecule has 0 saturated heterocycles. The lowest BCUT2D eigenvalue weighted by atomic mass is 10.1. The zero-order chi connectivity index (χ0) is 14.4. The number of methoxy groups -OCH3 is 1. The van der Waals surface area contributed by atoms with E-state index in [1.807, 2.05) is 17.7 Å². The third-order valence-corrected chi connectivity index (χ3v) is 3.27. The van der Waals surface area contributed by atoms with Crippen LogP contribution in [0.1, 0.15) is 24.9 Å². The minimum absolute atomic E-state index is 0.0889. The molecule has 2 aromatic rings. The Kier molecular flexibility index (Phi) is 5.12. The Morgan fingerprint density at radius 1 is 1.45 bits per heavy atom. The Morgan fingerprint density at radius 2 is 2.30 bits per heavy atom. The summed E-state index contributed by atoms with van der Waals surface area (Å²) >= 11 is 0. The summed E-state index contributed by atoms with van der Waals surface area (Å²) in [6.45, 7) is 3.64. The number of halogens is 1. The number of benzene rings is 1. The molecule has 1 N–H and O–H groups in total. The average Bonchev–Trinajstić information content (AvgIpc) is 2.96. The van der Waals surface area contributed by atoms with Crippen molar-refractivity contribution in [2.45, 2.75) is 25.9 Å². The molecule has 1 aromatic heterocycles. The van der Waals surface area contributed by atoms with Crippen molar-refractivity contribution in [1.82, 2.24) is 14.9 Å². The lowest BCUT2D eigenvalue weighted by Crippen LogP contribution is -2.22. The first-order chi connectivity index (χ1) is 9.72. The van der Waals surface area contributed by atoms with Crippen LogP contribution in [-0.2, 0) is 6.54 Å². The molecule has 0 saturated carbocycles. The van der Waals surface area contributed by atoms with E-state index in [9.17, 15) is 4.39 Å². The predicted molar refractivity (Wildman–Crippen MR) is 76.2 cm³/mol. The van der Waals surface area contributed by atoms with Crippen molar-refractivity contribution in [2.24, 2.45) is 0 Å². The molecular weight excluding hydrogens is 257 g/mol. The first-order valence-electron chi connectivity index (χ1n) is 6.74. The normalized spacial score (nSPS) is 12.3. The fraction of sp³-hybridized carbons (Fsp3) is 0.400. The first kappa shape index (κ1) is 14.5. The molecule has 0 fully saturated rings. The van der Waals surface area contributed by atoms with Gasteiger partial charge in [-0.15, -0.1) is 0 Å². The van der Waals surface area contributed by atoms with Crippen LogP contribution in [0.4, 0.5) is 4.39 Å². The van der Waals surface area contributed by atoms with Crippen molar-refractivity contribution >= 4 is 0 Å². The van der Waals surface area contributed by atoms with Crippen molar-refractivity contribution in [3.05, 3.63) is 48.3 Å². The molecule has 2 rings (SSSR count). The summed E-state index contributed by atoms with van der Waals surface area (Å²) in [5.74, 6) is 0.346. The molecule has 0 aliphatic heterocycles. The Balaban J connectivity index is 1.87. The second kappa shape index (κ2) is 7.05. The number of rotatable bonds is 7. The van der Waals surface area contributed by atoms with Gasteiger partial charge in [0, 0.05) is 30.5 Å². The van der Waals surface area contributed by atoms with Crippen molar-refractivity contribution in [3.8, 4) is 5.75 Å². The largest absolute Gasteiger partial charge is 0.496 e. The monoisotopic (exact) mass is 277 g/mol. The highest BCUT2D eigenvalue weighted by atomic mass is 19.1. The molecule has 0 amide bonds. The summed E-state index contributed by atoms with van der Waals surface area (Å²) in [5.41, 5.74) is 0.581. The van der Waals surface area contributed by atoms with Gasteiger partial charge < -0.3 is 14.6 Å². The highest BCUT2D eigenvalue weighted by molar-refractivity contribution is 5.36. The van der Waals surface area contributed by atoms with Gasteiger partial charge in [0.15, 0.2) is 0 Å². The van der Waals surface area contributed by atoms with Gasteiger partial charge in [0.1, 0.15) is 11.6 Å². The van der Waals surface area contributed by atoms with Crippen LogP contribution in [0.25, 0.3) is 0 Å². The second-order valence-electron chi connectivity index (χ2n) is 4.69. The topological polar surface area (TPSA) is 39.1 Å². The van der Waals surface area contributed by atoms with Crippen LogP contribution in [0.3, 0.4) is 0 Å². The maximum atomic E-state index is 13.9. The lowest BCUT2D eigenvalue weighted by molar-refractivity contribution is 0.392. The zero-order valence-corrected chi connectivity index (χ0v) is 11.8. The maximum Gasteiger partial charge on any atom is 0.131 e. The maximum absolute atomic E-state index is 13.9. The number of nitrogens with one attached hydrogen (secondary N) is 1. The van der Waals surface area contributed by atoms with Crippen LogP contribution < -0.4 is 10.1 Å². The van der Waals surface area contributed by atoms with Crippen LogP contribution in [0.2, 0.25) is 0 Å². The van der Waals surface area contributed by atoms with E-state index in [0.717, 1.165) is 19.5 Å². The van der Waals surface area contributed by atoms with Crippen LogP contribution in [-0.4, -0.2) is 23.2 Å². The number of aryl methyl sites for hydroxylation is 1. The van der Waals surface area contributed by atoms with E-state index in [1.54, 1.807) is 31.8 Å². The summed E-state index contributed by atoms with van der Waals surface area (Å²) in [5, 5.41) is 3.32. The molecular formula is C15H20FN3O. The Hall–Kier alpha value is -1.88. The van der Waals surface area contributed by atoms with Gasteiger partial charge in [-0.05, 0) is 32.0 Å². The first-order valence-corrected chi connectivity index (χ1v) is 6.74. The summed E-state index contributed by atoms with van der Waals surface area (Å²) < 4.78 is 21.1. The molecule has 20 heavy (non-hydrogen) atoms. The number of ether oxygens (including phenoxy) is 1. The number of aromatic nitrogens is 2. The molecule has 5 heteroatoms. The zero-order valence-electron chi connectivity index (χ0n) is 11.8. The van der Waals surface area contributed by atoms with E-state index in [-0.39, 0.29) is 11.9 Å². The Bertz CT molecular complexity index is 528. The van der Waals surface area contributed by atoms with Crippen LogP contribution in [0.5, 0.6) is 5.75 Å². The van der Waals surface area contributed by atoms with Gasteiger partial charge in [0.25, 0.3) is 0 Å². The van der Waals surface area contributed by atoms with Gasteiger partial charge >= 0.3 is 0 Å². The van der Waals surface area contributed by atoms with Gasteiger partial charge in [-0.3, -0.25) is 0 Å². The molecule has 0 aliphatic carbocycles. The van der Waals surface area contributed by atoms with Gasteiger partial charge in [-0.25, -0.2) is 9.37 Å². The fourth-order valence-electron chi connectivity index (χ4n) is 2.22.